The highest BCUT2D eigenvalue weighted by atomic mass is 16.5. The predicted molar refractivity (Wildman–Crippen MR) is 38.6 cm³/mol. The highest BCUT2D eigenvalue weighted by Crippen LogP contribution is 1.69. The average Bonchev–Trinajstić information content (AvgIpc) is 1.67. The van der Waals surface area contributed by atoms with Crippen molar-refractivity contribution in [3.05, 3.63) is 0 Å². The van der Waals surface area contributed by atoms with E-state index in [1.807, 2.05) is 0 Å². The first-order chi connectivity index (χ1) is 4.18. The molecule has 0 saturated heterocycles. The standard InChI is InChI=1S/C4H8O2.C2H3N.H3N/c1-3-6-4(2)5;1-2-3;/h3H2,1-2H3;1H3;1H3. The van der Waals surface area contributed by atoms with Crippen molar-refractivity contribution in [2.24, 2.45) is 0 Å². The first-order valence-corrected chi connectivity index (χ1v) is 2.63. The third-order valence-corrected chi connectivity index (χ3v) is 0.348. The van der Waals surface area contributed by atoms with E-state index >= 15 is 0 Å². The summed E-state index contributed by atoms with van der Waals surface area (Å²) in [6.07, 6.45) is 0. The van der Waals surface area contributed by atoms with Crippen LogP contribution >= 0.6 is 0 Å². The maximum Gasteiger partial charge on any atom is 0.302 e. The van der Waals surface area contributed by atoms with Crippen molar-refractivity contribution >= 4 is 5.97 Å². The number of carbonyl (C=O) groups excluding carboxylic acids is 1. The second-order valence-electron chi connectivity index (χ2n) is 1.15. The van der Waals surface area contributed by atoms with Crippen LogP contribution in [0.4, 0.5) is 0 Å². The lowest BCUT2D eigenvalue weighted by molar-refractivity contribution is -0.140. The van der Waals surface area contributed by atoms with Gasteiger partial charge in [-0.05, 0) is 6.92 Å². The van der Waals surface area contributed by atoms with Crippen LogP contribution < -0.4 is 6.15 Å². The summed E-state index contributed by atoms with van der Waals surface area (Å²) in [5, 5.41) is 7.32. The largest absolute Gasteiger partial charge is 0.466 e. The highest BCUT2D eigenvalue weighted by molar-refractivity contribution is 5.65. The molecule has 0 aromatic rings. The fourth-order valence-electron chi connectivity index (χ4n) is 0.203. The zero-order valence-electron chi connectivity index (χ0n) is 6.68. The van der Waals surface area contributed by atoms with Crippen LogP contribution in [0.2, 0.25) is 0 Å². The first-order valence-electron chi connectivity index (χ1n) is 2.63. The van der Waals surface area contributed by atoms with Crippen LogP contribution in [-0.4, -0.2) is 12.6 Å². The fourth-order valence-corrected chi connectivity index (χ4v) is 0.203. The lowest BCUT2D eigenvalue weighted by atomic mass is 10.8. The van der Waals surface area contributed by atoms with E-state index in [0.29, 0.717) is 6.61 Å². The molecule has 0 aliphatic heterocycles. The van der Waals surface area contributed by atoms with Gasteiger partial charge in [0.25, 0.3) is 0 Å². The van der Waals surface area contributed by atoms with E-state index in [-0.39, 0.29) is 12.1 Å². The van der Waals surface area contributed by atoms with Gasteiger partial charge >= 0.3 is 5.97 Å². The van der Waals surface area contributed by atoms with Crippen LogP contribution in [0, 0.1) is 11.3 Å². The summed E-state index contributed by atoms with van der Waals surface area (Å²) in [6.45, 7) is 5.08. The Hall–Kier alpha value is -1.08. The Kier molecular flexibility index (Phi) is 25.0. The Morgan fingerprint density at radius 2 is 2.00 bits per heavy atom. The van der Waals surface area contributed by atoms with E-state index < -0.39 is 0 Å². The summed E-state index contributed by atoms with van der Waals surface area (Å²) in [5.41, 5.74) is 0. The second-order valence-corrected chi connectivity index (χ2v) is 1.15. The van der Waals surface area contributed by atoms with Gasteiger partial charge in [0.05, 0.1) is 12.7 Å². The van der Waals surface area contributed by atoms with Gasteiger partial charge in [-0.2, -0.15) is 5.26 Å². The molecule has 10 heavy (non-hydrogen) atoms. The molecule has 0 aromatic heterocycles. The molecule has 4 nitrogen and oxygen atoms in total. The van der Waals surface area contributed by atoms with E-state index in [0.717, 1.165) is 0 Å². The average molecular weight is 146 g/mol. The van der Waals surface area contributed by atoms with E-state index in [2.05, 4.69) is 4.74 Å². The van der Waals surface area contributed by atoms with Gasteiger partial charge in [0.1, 0.15) is 0 Å². The molecule has 4 heteroatoms. The minimum Gasteiger partial charge on any atom is -0.466 e. The maximum atomic E-state index is 9.82. The minimum absolute atomic E-state index is 0. The van der Waals surface area contributed by atoms with Crippen LogP contribution in [0.3, 0.4) is 0 Å². The van der Waals surface area contributed by atoms with Gasteiger partial charge in [0.15, 0.2) is 0 Å². The lowest BCUT2D eigenvalue weighted by Crippen LogP contribution is -1.95. The third kappa shape index (κ3) is 65.8. The number of hydrogen-bond acceptors (Lipinski definition) is 4. The predicted octanol–water partition coefficient (Wildman–Crippen LogP) is 1.26. The van der Waals surface area contributed by atoms with Gasteiger partial charge in [-0.3, -0.25) is 4.79 Å². The molecule has 0 rings (SSSR count). The molecule has 0 bridgehead atoms. The van der Waals surface area contributed by atoms with Crippen molar-refractivity contribution in [3.63, 3.8) is 0 Å². The second kappa shape index (κ2) is 15.7. The molecule has 0 unspecified atom stereocenters. The van der Waals surface area contributed by atoms with Gasteiger partial charge in [0, 0.05) is 13.8 Å². The molecule has 0 amide bonds. The Morgan fingerprint density at radius 1 is 1.70 bits per heavy atom. The van der Waals surface area contributed by atoms with Crippen molar-refractivity contribution in [2.45, 2.75) is 20.8 Å². The van der Waals surface area contributed by atoms with E-state index in [9.17, 15) is 4.79 Å². The molecule has 0 aliphatic carbocycles. The zero-order valence-corrected chi connectivity index (χ0v) is 6.68. The minimum atomic E-state index is -0.211. The Morgan fingerprint density at radius 3 is 2.00 bits per heavy atom. The molecular weight excluding hydrogens is 132 g/mol. The molecular formula is C6H14N2O2. The van der Waals surface area contributed by atoms with Crippen molar-refractivity contribution in [1.29, 1.82) is 5.26 Å². The summed E-state index contributed by atoms with van der Waals surface area (Å²) >= 11 is 0. The van der Waals surface area contributed by atoms with Crippen molar-refractivity contribution < 1.29 is 9.53 Å². The molecule has 0 radical (unpaired) electrons. The summed E-state index contributed by atoms with van der Waals surface area (Å²) in [6, 6.07) is 1.75. The highest BCUT2D eigenvalue weighted by Gasteiger charge is 1.81. The lowest BCUT2D eigenvalue weighted by Gasteiger charge is -1.89. The van der Waals surface area contributed by atoms with Gasteiger partial charge < -0.3 is 10.9 Å². The third-order valence-electron chi connectivity index (χ3n) is 0.348. The van der Waals surface area contributed by atoms with Crippen molar-refractivity contribution in [2.75, 3.05) is 6.61 Å². The number of ether oxygens (including phenoxy) is 1. The monoisotopic (exact) mass is 146 g/mol. The van der Waals surface area contributed by atoms with Gasteiger partial charge in [-0.1, -0.05) is 0 Å². The number of nitriles is 1. The van der Waals surface area contributed by atoms with Crippen LogP contribution in [-0.2, 0) is 9.53 Å². The summed E-state index contributed by atoms with van der Waals surface area (Å²) < 4.78 is 4.40. The van der Waals surface area contributed by atoms with E-state index in [4.69, 9.17) is 5.26 Å². The van der Waals surface area contributed by atoms with Crippen LogP contribution in [0.25, 0.3) is 0 Å². The number of rotatable bonds is 1. The van der Waals surface area contributed by atoms with Crippen LogP contribution in [0.1, 0.15) is 20.8 Å². The van der Waals surface area contributed by atoms with Gasteiger partial charge in [-0.25, -0.2) is 0 Å². The molecule has 0 atom stereocenters. The quantitative estimate of drug-likeness (QED) is 0.564. The Balaban J connectivity index is -0.000000107. The SMILES string of the molecule is CC#N.CCOC(C)=O.N. The smallest absolute Gasteiger partial charge is 0.302 e. The molecule has 60 valence electrons. The number of nitrogens with zero attached hydrogens (tertiary/aromatic N) is 1. The molecule has 0 aromatic carbocycles. The van der Waals surface area contributed by atoms with E-state index in [1.165, 1.54) is 13.8 Å². The molecule has 0 saturated carbocycles. The van der Waals surface area contributed by atoms with E-state index in [1.54, 1.807) is 13.0 Å². The molecule has 0 spiro atoms. The fraction of sp³-hybridized carbons (Fsp3) is 0.667. The molecule has 0 heterocycles. The van der Waals surface area contributed by atoms with Gasteiger partial charge in [0.2, 0.25) is 0 Å². The Bertz CT molecular complexity index is 107. The maximum absolute atomic E-state index is 9.82. The summed E-state index contributed by atoms with van der Waals surface area (Å²) in [4.78, 5) is 9.82. The topological polar surface area (TPSA) is 85.1 Å². The normalized spacial score (nSPS) is 5.40. The number of hydrogen-bond donors (Lipinski definition) is 1. The summed E-state index contributed by atoms with van der Waals surface area (Å²) in [5.74, 6) is -0.211. The number of esters is 1. The molecule has 0 aliphatic rings. The summed E-state index contributed by atoms with van der Waals surface area (Å²) in [7, 11) is 0. The van der Waals surface area contributed by atoms with Crippen molar-refractivity contribution in [1.82, 2.24) is 6.15 Å². The van der Waals surface area contributed by atoms with Crippen LogP contribution in [0.5, 0.6) is 0 Å². The molecule has 3 N–H and O–H groups in total. The van der Waals surface area contributed by atoms with Crippen LogP contribution in [0.15, 0.2) is 0 Å². The zero-order chi connectivity index (χ0) is 7.70. The Labute approximate surface area is 61.4 Å². The first kappa shape index (κ1) is 16.0. The number of carbonyl (C=O) groups is 1. The van der Waals surface area contributed by atoms with Crippen molar-refractivity contribution in [3.8, 4) is 6.07 Å². The van der Waals surface area contributed by atoms with Gasteiger partial charge in [-0.15, -0.1) is 0 Å². The molecule has 0 fully saturated rings.